The second kappa shape index (κ2) is 24.4. The van der Waals surface area contributed by atoms with Gasteiger partial charge in [0.15, 0.2) is 0 Å². The first-order chi connectivity index (χ1) is 40.1. The monoisotopic (exact) mass is 1180 g/mol. The SMILES string of the molecule is CCCCCCCCC1(CCCCCCCC)c2cc(C=C(C#N)C(=O)O)sc2-c2sc(-c3ccc(-c4ccc(-c5ccc(-c6ccc(-c7ccc8c(c7)C(C)(C)c7cc(N(c9ccccc9)c9ccccc9)ccc7-8)s6)s5)s4)s3)cc21. The molecule has 0 spiro atoms. The number of para-hydroxylation sites is 2. The largest absolute Gasteiger partial charge is 0.477 e. The molecule has 12 rings (SSSR count). The van der Waals surface area contributed by atoms with Crippen LogP contribution in [-0.4, -0.2) is 11.1 Å². The van der Waals surface area contributed by atoms with Crippen LogP contribution in [0.15, 0.2) is 163 Å². The van der Waals surface area contributed by atoms with Crippen LogP contribution in [0.3, 0.4) is 0 Å². The molecule has 2 aliphatic carbocycles. The predicted molar refractivity (Wildman–Crippen MR) is 357 cm³/mol. The molecule has 0 amide bonds. The highest BCUT2D eigenvalue weighted by molar-refractivity contribution is 7.30. The van der Waals surface area contributed by atoms with Crippen molar-refractivity contribution in [3.05, 3.63) is 190 Å². The van der Waals surface area contributed by atoms with Crippen molar-refractivity contribution < 1.29 is 9.90 Å². The van der Waals surface area contributed by atoms with Crippen LogP contribution in [-0.2, 0) is 15.6 Å². The summed E-state index contributed by atoms with van der Waals surface area (Å²) in [6.07, 6.45) is 18.7. The highest BCUT2D eigenvalue weighted by Gasteiger charge is 2.45. The molecule has 4 nitrogen and oxygen atoms in total. The minimum Gasteiger partial charge on any atom is -0.477 e. The van der Waals surface area contributed by atoms with Gasteiger partial charge in [-0.1, -0.05) is 159 Å². The van der Waals surface area contributed by atoms with Gasteiger partial charge < -0.3 is 10.0 Å². The normalized spacial score (nSPS) is 13.7. The number of carbonyl (C=O) groups is 1. The number of carboxylic acids is 1. The lowest BCUT2D eigenvalue weighted by Gasteiger charge is -2.31. The lowest BCUT2D eigenvalue weighted by atomic mass is 9.71. The first-order valence-electron chi connectivity index (χ1n) is 29.3. The number of rotatable bonds is 24. The number of fused-ring (bicyclic) bond motifs is 6. The second-order valence-corrected chi connectivity index (χ2v) is 29.1. The lowest BCUT2D eigenvalue weighted by molar-refractivity contribution is -0.132. The molecule has 82 heavy (non-hydrogen) atoms. The zero-order chi connectivity index (χ0) is 56.4. The van der Waals surface area contributed by atoms with Crippen LogP contribution < -0.4 is 4.90 Å². The van der Waals surface area contributed by atoms with Gasteiger partial charge in [-0.15, -0.1) is 68.0 Å². The molecule has 0 fully saturated rings. The molecule has 0 radical (unpaired) electrons. The van der Waals surface area contributed by atoms with Crippen LogP contribution in [0.1, 0.15) is 145 Å². The molecular formula is C72H68N2O2S6. The van der Waals surface area contributed by atoms with Crippen LogP contribution in [0.4, 0.5) is 17.1 Å². The Labute approximate surface area is 508 Å². The average Bonchev–Trinajstić information content (AvgIpc) is 3.23. The van der Waals surface area contributed by atoms with Gasteiger partial charge in [0.2, 0.25) is 0 Å². The van der Waals surface area contributed by atoms with Crippen molar-refractivity contribution in [1.29, 1.82) is 5.26 Å². The Morgan fingerprint density at radius 2 is 0.927 bits per heavy atom. The van der Waals surface area contributed by atoms with Crippen molar-refractivity contribution in [3.8, 4) is 76.4 Å². The van der Waals surface area contributed by atoms with E-state index in [1.807, 2.05) is 62.8 Å². The molecule has 6 aromatic heterocycles. The number of benzene rings is 4. The van der Waals surface area contributed by atoms with Gasteiger partial charge in [0.25, 0.3) is 0 Å². The van der Waals surface area contributed by atoms with Crippen LogP contribution in [0, 0.1) is 11.3 Å². The number of hydrogen-bond acceptors (Lipinski definition) is 9. The zero-order valence-corrected chi connectivity index (χ0v) is 52.1. The van der Waals surface area contributed by atoms with E-state index in [4.69, 9.17) is 0 Å². The summed E-state index contributed by atoms with van der Waals surface area (Å²) in [6, 6.07) is 60.6. The van der Waals surface area contributed by atoms with E-state index in [1.54, 1.807) is 17.4 Å². The molecule has 10 heteroatoms. The van der Waals surface area contributed by atoms with Crippen LogP contribution >= 0.6 is 68.0 Å². The fourth-order valence-electron chi connectivity index (χ4n) is 12.6. The quantitative estimate of drug-likeness (QED) is 0.0372. The summed E-state index contributed by atoms with van der Waals surface area (Å²) < 4.78 is 0. The van der Waals surface area contributed by atoms with Crippen molar-refractivity contribution in [2.24, 2.45) is 0 Å². The maximum absolute atomic E-state index is 12.0. The van der Waals surface area contributed by atoms with Crippen LogP contribution in [0.2, 0.25) is 0 Å². The summed E-state index contributed by atoms with van der Waals surface area (Å²) >= 11 is 11.1. The number of nitrogens with zero attached hydrogens (tertiary/aromatic N) is 2. The summed E-state index contributed by atoms with van der Waals surface area (Å²) in [5, 5.41) is 19.6. The van der Waals surface area contributed by atoms with Crippen molar-refractivity contribution in [2.75, 3.05) is 4.90 Å². The predicted octanol–water partition coefficient (Wildman–Crippen LogP) is 23.9. The molecular weight excluding hydrogens is 1120 g/mol. The van der Waals surface area contributed by atoms with Crippen LogP contribution in [0.25, 0.3) is 76.4 Å². The summed E-state index contributed by atoms with van der Waals surface area (Å²) in [4.78, 5) is 29.5. The Bertz CT molecular complexity index is 3910. The van der Waals surface area contributed by atoms with Gasteiger partial charge in [0.05, 0.1) is 0 Å². The standard InChI is InChI=1S/C72H68N2O2S6/c1-5-7-9-11-13-21-39-72(40-22-14-12-10-8-6-2)57-44-52(41-48(46-73)70(75)76)77-68(57)69-58(72)45-67(82-69)66-38-37-65(81-66)64-36-35-63(80-64)62-34-33-61(79-62)60-32-31-59(78-60)47-27-29-53-54-30-28-51(43-56(54)71(3,4)55(53)42-47)74(49-23-17-15-18-24-49)50-25-19-16-20-26-50/h15-20,23-38,41-45H,5-14,21-22,39-40H2,1-4H3,(H,75,76). The summed E-state index contributed by atoms with van der Waals surface area (Å²) in [5.74, 6) is -1.17. The van der Waals surface area contributed by atoms with Crippen molar-refractivity contribution in [3.63, 3.8) is 0 Å². The molecule has 1 N–H and O–H groups in total. The van der Waals surface area contributed by atoms with Gasteiger partial charge in [0.1, 0.15) is 11.6 Å². The minimum atomic E-state index is -1.17. The Morgan fingerprint density at radius 3 is 1.45 bits per heavy atom. The van der Waals surface area contributed by atoms with Gasteiger partial charge in [-0.3, -0.25) is 0 Å². The number of nitriles is 1. The van der Waals surface area contributed by atoms with E-state index < -0.39 is 5.97 Å². The van der Waals surface area contributed by atoms with Crippen LogP contribution in [0.5, 0.6) is 0 Å². The topological polar surface area (TPSA) is 64.3 Å². The molecule has 2 aliphatic rings. The molecule has 0 saturated heterocycles. The third kappa shape index (κ3) is 11.0. The molecule has 4 aromatic carbocycles. The van der Waals surface area contributed by atoms with E-state index in [2.05, 4.69) is 190 Å². The lowest BCUT2D eigenvalue weighted by Crippen LogP contribution is -2.25. The Balaban J connectivity index is 0.774. The van der Waals surface area contributed by atoms with E-state index in [1.165, 1.54) is 170 Å². The summed E-state index contributed by atoms with van der Waals surface area (Å²) in [7, 11) is 0. The van der Waals surface area contributed by atoms with Crippen molar-refractivity contribution >= 4 is 97.1 Å². The third-order valence-corrected chi connectivity index (χ3v) is 24.5. The van der Waals surface area contributed by atoms with E-state index in [0.29, 0.717) is 0 Å². The molecule has 0 aliphatic heterocycles. The number of hydrogen-bond donors (Lipinski definition) is 1. The fraction of sp³-hybridized carbons (Fsp3) is 0.278. The zero-order valence-electron chi connectivity index (χ0n) is 47.2. The molecule has 6 heterocycles. The molecule has 10 aromatic rings. The number of anilines is 3. The number of carboxylic acid groups (broad SMARTS) is 1. The van der Waals surface area contributed by atoms with Gasteiger partial charge in [-0.05, 0) is 161 Å². The van der Waals surface area contributed by atoms with Gasteiger partial charge >= 0.3 is 5.97 Å². The number of aliphatic carboxylic acids is 1. The molecule has 0 unspecified atom stereocenters. The highest BCUT2D eigenvalue weighted by atomic mass is 32.1. The van der Waals surface area contributed by atoms with Crippen molar-refractivity contribution in [2.45, 2.75) is 128 Å². The average molecular weight is 1190 g/mol. The summed E-state index contributed by atoms with van der Waals surface area (Å²) in [6.45, 7) is 9.32. The molecule has 0 bridgehead atoms. The van der Waals surface area contributed by atoms with Gasteiger partial charge in [-0.2, -0.15) is 5.26 Å². The smallest absolute Gasteiger partial charge is 0.346 e. The maximum atomic E-state index is 12.0. The Hall–Kier alpha value is -6.42. The number of unbranched alkanes of at least 4 members (excludes halogenated alkanes) is 10. The maximum Gasteiger partial charge on any atom is 0.346 e. The molecule has 414 valence electrons. The molecule has 0 saturated carbocycles. The second-order valence-electron chi connectivity index (χ2n) is 22.6. The van der Waals surface area contributed by atoms with E-state index in [0.717, 1.165) is 34.8 Å². The third-order valence-electron chi connectivity index (χ3n) is 16.9. The summed E-state index contributed by atoms with van der Waals surface area (Å²) in [5.41, 5.74) is 12.4. The van der Waals surface area contributed by atoms with E-state index >= 15 is 0 Å². The van der Waals surface area contributed by atoms with E-state index in [-0.39, 0.29) is 16.4 Å². The van der Waals surface area contributed by atoms with Gasteiger partial charge in [0, 0.05) is 86.4 Å². The molecule has 0 atom stereocenters. The van der Waals surface area contributed by atoms with E-state index in [9.17, 15) is 15.2 Å². The van der Waals surface area contributed by atoms with Crippen molar-refractivity contribution in [1.82, 2.24) is 0 Å². The first kappa shape index (κ1) is 56.1. The first-order valence-corrected chi connectivity index (χ1v) is 34.2. The van der Waals surface area contributed by atoms with Gasteiger partial charge in [-0.25, -0.2) is 4.79 Å². The Kier molecular flexibility index (Phi) is 16.7. The fourth-order valence-corrected chi connectivity index (χ4v) is 19.6. The Morgan fingerprint density at radius 1 is 0.476 bits per heavy atom. The number of thiophene rings is 6. The highest BCUT2D eigenvalue weighted by Crippen LogP contribution is 2.62. The minimum absolute atomic E-state index is 0.117.